The van der Waals surface area contributed by atoms with E-state index in [0.29, 0.717) is 17.4 Å². The van der Waals surface area contributed by atoms with Gasteiger partial charge in [0.05, 0.1) is 10.6 Å². The van der Waals surface area contributed by atoms with Crippen LogP contribution in [0, 0.1) is 0 Å². The lowest BCUT2D eigenvalue weighted by atomic mass is 10.1. The van der Waals surface area contributed by atoms with Crippen molar-refractivity contribution in [1.82, 2.24) is 15.3 Å². The first-order valence-electron chi connectivity index (χ1n) is 7.58. The fourth-order valence-electron chi connectivity index (χ4n) is 2.79. The van der Waals surface area contributed by atoms with E-state index in [1.807, 2.05) is 0 Å². The Morgan fingerprint density at radius 2 is 1.96 bits per heavy atom. The number of anilines is 3. The summed E-state index contributed by atoms with van der Waals surface area (Å²) in [6, 6.07) is 4.27. The van der Waals surface area contributed by atoms with Crippen LogP contribution < -0.4 is 16.0 Å². The molecule has 2 heterocycles. The molecule has 0 fully saturated rings. The third-order valence-electron chi connectivity index (χ3n) is 4.04. The van der Waals surface area contributed by atoms with Gasteiger partial charge in [-0.25, -0.2) is 13.4 Å². The molecular formula is C15H16F3N5O2S. The second-order valence-electron chi connectivity index (χ2n) is 5.70. The van der Waals surface area contributed by atoms with Crippen LogP contribution in [-0.4, -0.2) is 38.2 Å². The highest BCUT2D eigenvalue weighted by molar-refractivity contribution is 7.91. The SMILES string of the molecule is CNc1nc(Nc2ccc3c(c2)C(NC)CS3(=O)=O)ncc1C(F)(F)F. The van der Waals surface area contributed by atoms with Gasteiger partial charge in [0, 0.05) is 25.0 Å². The summed E-state index contributed by atoms with van der Waals surface area (Å²) in [5, 5.41) is 8.14. The molecule has 0 saturated carbocycles. The van der Waals surface area contributed by atoms with Crippen LogP contribution in [0.25, 0.3) is 0 Å². The van der Waals surface area contributed by atoms with Crippen LogP contribution in [0.4, 0.5) is 30.6 Å². The van der Waals surface area contributed by atoms with E-state index in [1.165, 1.54) is 19.2 Å². The molecular weight excluding hydrogens is 371 g/mol. The highest BCUT2D eigenvalue weighted by Gasteiger charge is 2.35. The molecule has 1 atom stereocenters. The van der Waals surface area contributed by atoms with Crippen LogP contribution in [0.15, 0.2) is 29.3 Å². The molecule has 1 unspecified atom stereocenters. The van der Waals surface area contributed by atoms with Crippen LogP contribution in [0.1, 0.15) is 17.2 Å². The van der Waals surface area contributed by atoms with Crippen molar-refractivity contribution in [3.05, 3.63) is 35.5 Å². The Hall–Kier alpha value is -2.40. The minimum Gasteiger partial charge on any atom is -0.372 e. The molecule has 1 aromatic carbocycles. The lowest BCUT2D eigenvalue weighted by Gasteiger charge is -2.14. The van der Waals surface area contributed by atoms with Crippen molar-refractivity contribution >= 4 is 27.3 Å². The Morgan fingerprint density at radius 3 is 2.58 bits per heavy atom. The van der Waals surface area contributed by atoms with Gasteiger partial charge in [0.2, 0.25) is 5.95 Å². The number of benzene rings is 1. The number of alkyl halides is 3. The molecule has 7 nitrogen and oxygen atoms in total. The zero-order valence-corrected chi connectivity index (χ0v) is 14.7. The summed E-state index contributed by atoms with van der Waals surface area (Å²) in [4.78, 5) is 7.76. The first-order valence-corrected chi connectivity index (χ1v) is 9.24. The van der Waals surface area contributed by atoms with E-state index < -0.39 is 21.6 Å². The maximum Gasteiger partial charge on any atom is 0.421 e. The third-order valence-corrected chi connectivity index (χ3v) is 5.86. The molecule has 0 radical (unpaired) electrons. The topological polar surface area (TPSA) is 96.0 Å². The van der Waals surface area contributed by atoms with Crippen LogP contribution in [-0.2, 0) is 16.0 Å². The van der Waals surface area contributed by atoms with Crippen molar-refractivity contribution < 1.29 is 21.6 Å². The van der Waals surface area contributed by atoms with Crippen LogP contribution in [0.5, 0.6) is 0 Å². The van der Waals surface area contributed by atoms with E-state index in [4.69, 9.17) is 0 Å². The van der Waals surface area contributed by atoms with E-state index in [9.17, 15) is 21.6 Å². The predicted molar refractivity (Wildman–Crippen MR) is 90.2 cm³/mol. The molecule has 0 amide bonds. The Kier molecular flexibility index (Phi) is 4.53. The van der Waals surface area contributed by atoms with Gasteiger partial charge in [0.1, 0.15) is 11.4 Å². The van der Waals surface area contributed by atoms with Crippen LogP contribution in [0.2, 0.25) is 0 Å². The van der Waals surface area contributed by atoms with E-state index in [1.54, 1.807) is 13.1 Å². The summed E-state index contributed by atoms with van der Waals surface area (Å²) in [5.74, 6) is -0.431. The molecule has 0 bridgehead atoms. The minimum absolute atomic E-state index is 0.0378. The Morgan fingerprint density at radius 1 is 1.23 bits per heavy atom. The Balaban J connectivity index is 1.93. The molecule has 1 aromatic heterocycles. The van der Waals surface area contributed by atoms with Gasteiger partial charge in [-0.1, -0.05) is 0 Å². The zero-order valence-electron chi connectivity index (χ0n) is 13.8. The van der Waals surface area contributed by atoms with Gasteiger partial charge in [-0.15, -0.1) is 0 Å². The first kappa shape index (κ1) is 18.4. The summed E-state index contributed by atoms with van der Waals surface area (Å²) >= 11 is 0. The summed E-state index contributed by atoms with van der Waals surface area (Å²) in [7, 11) is -0.353. The summed E-state index contributed by atoms with van der Waals surface area (Å²) in [5.41, 5.74) is 0.0991. The van der Waals surface area contributed by atoms with Crippen LogP contribution in [0.3, 0.4) is 0 Å². The number of hydrogen-bond donors (Lipinski definition) is 3. The number of fused-ring (bicyclic) bond motifs is 1. The lowest BCUT2D eigenvalue weighted by molar-refractivity contribution is -0.137. The molecule has 140 valence electrons. The fraction of sp³-hybridized carbons (Fsp3) is 0.333. The number of rotatable bonds is 4. The Labute approximate surface area is 148 Å². The maximum atomic E-state index is 12.9. The maximum absolute atomic E-state index is 12.9. The number of halogens is 3. The number of aromatic nitrogens is 2. The van der Waals surface area contributed by atoms with E-state index >= 15 is 0 Å². The number of sulfone groups is 1. The lowest BCUT2D eigenvalue weighted by Crippen LogP contribution is -2.17. The highest BCUT2D eigenvalue weighted by atomic mass is 32.2. The van der Waals surface area contributed by atoms with Gasteiger partial charge in [-0.05, 0) is 30.8 Å². The molecule has 0 saturated heterocycles. The standard InChI is InChI=1S/C15H16F3N5O2S/c1-19-11-7-26(24,25)12-4-3-8(5-9(11)12)22-14-21-6-10(15(16,17)18)13(20-2)23-14/h3-6,11,19H,7H2,1-2H3,(H2,20,21,22,23). The number of nitrogens with one attached hydrogen (secondary N) is 3. The van der Waals surface area contributed by atoms with Crippen LogP contribution >= 0.6 is 0 Å². The fourth-order valence-corrected chi connectivity index (χ4v) is 4.59. The smallest absolute Gasteiger partial charge is 0.372 e. The zero-order chi connectivity index (χ0) is 19.1. The summed E-state index contributed by atoms with van der Waals surface area (Å²) < 4.78 is 62.9. The van der Waals surface area contributed by atoms with Crippen molar-refractivity contribution in [2.24, 2.45) is 0 Å². The average Bonchev–Trinajstić information content (AvgIpc) is 2.84. The molecule has 11 heteroatoms. The second kappa shape index (κ2) is 6.40. The van der Waals surface area contributed by atoms with Gasteiger partial charge in [0.15, 0.2) is 9.84 Å². The highest BCUT2D eigenvalue weighted by Crippen LogP contribution is 2.36. The largest absolute Gasteiger partial charge is 0.421 e. The summed E-state index contributed by atoms with van der Waals surface area (Å²) in [6.07, 6.45) is -3.88. The van der Waals surface area contributed by atoms with Crippen molar-refractivity contribution in [3.63, 3.8) is 0 Å². The van der Waals surface area contributed by atoms with E-state index in [-0.39, 0.29) is 28.5 Å². The van der Waals surface area contributed by atoms with Gasteiger partial charge in [0.25, 0.3) is 0 Å². The van der Waals surface area contributed by atoms with Crippen molar-refractivity contribution in [2.75, 3.05) is 30.5 Å². The van der Waals surface area contributed by atoms with Crippen molar-refractivity contribution in [3.8, 4) is 0 Å². The van der Waals surface area contributed by atoms with Crippen molar-refractivity contribution in [2.45, 2.75) is 17.1 Å². The number of nitrogens with zero attached hydrogens (tertiary/aromatic N) is 2. The Bertz CT molecular complexity index is 947. The van der Waals surface area contributed by atoms with Gasteiger partial charge in [-0.3, -0.25) is 0 Å². The van der Waals surface area contributed by atoms with E-state index in [2.05, 4.69) is 25.9 Å². The molecule has 3 N–H and O–H groups in total. The molecule has 3 rings (SSSR count). The normalized spacial score (nSPS) is 18.4. The number of hydrogen-bond acceptors (Lipinski definition) is 7. The summed E-state index contributed by atoms with van der Waals surface area (Å²) in [6.45, 7) is 0. The molecule has 0 spiro atoms. The van der Waals surface area contributed by atoms with Crippen molar-refractivity contribution in [1.29, 1.82) is 0 Å². The average molecular weight is 387 g/mol. The van der Waals surface area contributed by atoms with Gasteiger partial charge >= 0.3 is 6.18 Å². The second-order valence-corrected chi connectivity index (χ2v) is 7.71. The third kappa shape index (κ3) is 3.31. The molecule has 26 heavy (non-hydrogen) atoms. The molecule has 1 aliphatic rings. The molecule has 0 aliphatic carbocycles. The van der Waals surface area contributed by atoms with Gasteiger partial charge < -0.3 is 16.0 Å². The monoisotopic (exact) mass is 387 g/mol. The van der Waals surface area contributed by atoms with Gasteiger partial charge in [-0.2, -0.15) is 18.2 Å². The first-order chi connectivity index (χ1) is 12.2. The quantitative estimate of drug-likeness (QED) is 0.741. The molecule has 2 aromatic rings. The minimum atomic E-state index is -4.57. The molecule has 1 aliphatic heterocycles. The predicted octanol–water partition coefficient (Wildman–Crippen LogP) is 2.33. The van der Waals surface area contributed by atoms with E-state index in [0.717, 1.165) is 0 Å².